The van der Waals surface area contributed by atoms with E-state index in [9.17, 15) is 4.39 Å². The van der Waals surface area contributed by atoms with E-state index in [1.165, 1.54) is 6.07 Å². The lowest BCUT2D eigenvalue weighted by Crippen LogP contribution is -2.46. The van der Waals surface area contributed by atoms with Gasteiger partial charge in [-0.2, -0.15) is 0 Å². The van der Waals surface area contributed by atoms with Crippen molar-refractivity contribution in [2.45, 2.75) is 31.9 Å². The van der Waals surface area contributed by atoms with Crippen molar-refractivity contribution in [2.24, 2.45) is 5.73 Å². The van der Waals surface area contributed by atoms with Gasteiger partial charge in [0.25, 0.3) is 0 Å². The first-order chi connectivity index (χ1) is 7.38. The van der Waals surface area contributed by atoms with Gasteiger partial charge in [0.1, 0.15) is 5.82 Å². The third-order valence-electron chi connectivity index (χ3n) is 2.89. The van der Waals surface area contributed by atoms with Crippen molar-refractivity contribution in [3.8, 4) is 0 Å². The molecule has 0 bridgehead atoms. The maximum Gasteiger partial charge on any atom is 0.137 e. The number of hydrogen-bond acceptors (Lipinski definition) is 2. The van der Waals surface area contributed by atoms with Crippen LogP contribution in [0.2, 0.25) is 0 Å². The van der Waals surface area contributed by atoms with Gasteiger partial charge in [-0.3, -0.25) is 0 Å². The van der Waals surface area contributed by atoms with Crippen LogP contribution in [0.1, 0.15) is 19.4 Å². The van der Waals surface area contributed by atoms with E-state index in [2.05, 4.69) is 15.9 Å². The molecule has 4 heteroatoms. The van der Waals surface area contributed by atoms with E-state index in [0.29, 0.717) is 10.9 Å². The summed E-state index contributed by atoms with van der Waals surface area (Å²) in [7, 11) is 1.63. The van der Waals surface area contributed by atoms with Crippen LogP contribution in [0.15, 0.2) is 22.7 Å². The van der Waals surface area contributed by atoms with E-state index in [4.69, 9.17) is 10.5 Å². The van der Waals surface area contributed by atoms with E-state index >= 15 is 0 Å². The Kier molecular flexibility index (Phi) is 4.47. The summed E-state index contributed by atoms with van der Waals surface area (Å²) in [4.78, 5) is 0. The van der Waals surface area contributed by atoms with Gasteiger partial charge in [-0.1, -0.05) is 12.1 Å². The van der Waals surface area contributed by atoms with E-state index in [-0.39, 0.29) is 11.9 Å². The third-order valence-corrected chi connectivity index (χ3v) is 3.78. The van der Waals surface area contributed by atoms with Crippen LogP contribution in [0.25, 0.3) is 0 Å². The number of ether oxygens (including phenoxy) is 1. The van der Waals surface area contributed by atoms with Gasteiger partial charge < -0.3 is 10.5 Å². The smallest absolute Gasteiger partial charge is 0.137 e. The average molecular weight is 290 g/mol. The average Bonchev–Trinajstić information content (AvgIpc) is 2.24. The molecular weight excluding hydrogens is 273 g/mol. The molecule has 90 valence electrons. The molecule has 0 aliphatic carbocycles. The highest BCUT2D eigenvalue weighted by Crippen LogP contribution is 2.24. The van der Waals surface area contributed by atoms with Gasteiger partial charge in [0.15, 0.2) is 0 Å². The van der Waals surface area contributed by atoms with Gasteiger partial charge in [0.2, 0.25) is 0 Å². The lowest BCUT2D eigenvalue weighted by atomic mass is 9.93. The molecule has 0 aromatic heterocycles. The fourth-order valence-corrected chi connectivity index (χ4v) is 1.77. The summed E-state index contributed by atoms with van der Waals surface area (Å²) < 4.78 is 19.1. The maximum atomic E-state index is 13.3. The Hall–Kier alpha value is -0.450. The normalized spacial score (nSPS) is 13.9. The summed E-state index contributed by atoms with van der Waals surface area (Å²) in [6.07, 6.45) is 0.569. The minimum atomic E-state index is -0.425. The molecule has 0 aliphatic rings. The van der Waals surface area contributed by atoms with Crippen LogP contribution < -0.4 is 5.73 Å². The number of hydrogen-bond donors (Lipinski definition) is 1. The van der Waals surface area contributed by atoms with E-state index < -0.39 is 5.60 Å². The predicted molar refractivity (Wildman–Crippen MR) is 66.9 cm³/mol. The van der Waals surface area contributed by atoms with Crippen LogP contribution in [0.3, 0.4) is 0 Å². The fraction of sp³-hybridized carbons (Fsp3) is 0.500. The summed E-state index contributed by atoms with van der Waals surface area (Å²) in [6.45, 7) is 3.84. The molecule has 0 amide bonds. The molecule has 1 unspecified atom stereocenters. The molecule has 0 aliphatic heterocycles. The van der Waals surface area contributed by atoms with Gasteiger partial charge in [-0.15, -0.1) is 0 Å². The second kappa shape index (κ2) is 5.25. The zero-order chi connectivity index (χ0) is 12.3. The molecule has 2 N–H and O–H groups in total. The molecule has 2 nitrogen and oxygen atoms in total. The molecule has 1 aromatic rings. The highest BCUT2D eigenvalue weighted by Gasteiger charge is 2.26. The maximum absolute atomic E-state index is 13.3. The summed E-state index contributed by atoms with van der Waals surface area (Å²) >= 11 is 3.23. The molecule has 1 rings (SSSR count). The van der Waals surface area contributed by atoms with Crippen molar-refractivity contribution >= 4 is 15.9 Å². The highest BCUT2D eigenvalue weighted by molar-refractivity contribution is 9.10. The molecule has 0 saturated heterocycles. The van der Waals surface area contributed by atoms with Crippen LogP contribution in [-0.2, 0) is 11.2 Å². The Morgan fingerprint density at radius 2 is 2.12 bits per heavy atom. The van der Waals surface area contributed by atoms with Gasteiger partial charge in [-0.25, -0.2) is 4.39 Å². The Bertz CT molecular complexity index is 368. The van der Waals surface area contributed by atoms with Crippen LogP contribution >= 0.6 is 15.9 Å². The minimum absolute atomic E-state index is 0.185. The number of nitrogens with two attached hydrogens (primary N) is 1. The van der Waals surface area contributed by atoms with E-state index in [0.717, 1.165) is 5.56 Å². The van der Waals surface area contributed by atoms with Gasteiger partial charge in [0, 0.05) is 13.2 Å². The first-order valence-corrected chi connectivity index (χ1v) is 5.91. The van der Waals surface area contributed by atoms with Gasteiger partial charge in [-0.05, 0) is 47.8 Å². The molecule has 1 atom stereocenters. The van der Waals surface area contributed by atoms with Gasteiger partial charge in [0.05, 0.1) is 10.1 Å². The number of halogens is 2. The Balaban J connectivity index is 2.85. The highest BCUT2D eigenvalue weighted by atomic mass is 79.9. The number of methoxy groups -OCH3 is 1. The molecule has 0 heterocycles. The molecule has 0 saturated carbocycles. The Morgan fingerprint density at radius 1 is 1.50 bits per heavy atom. The topological polar surface area (TPSA) is 35.2 Å². The van der Waals surface area contributed by atoms with Crippen LogP contribution in [0.4, 0.5) is 4.39 Å². The second-order valence-corrected chi connectivity index (χ2v) is 5.12. The predicted octanol–water partition coefficient (Wildman–Crippen LogP) is 2.88. The summed E-state index contributed by atoms with van der Waals surface area (Å²) in [5, 5.41) is 0. The van der Waals surface area contributed by atoms with Crippen molar-refractivity contribution < 1.29 is 9.13 Å². The summed E-state index contributed by atoms with van der Waals surface area (Å²) in [6, 6.07) is 4.77. The lowest BCUT2D eigenvalue weighted by Gasteiger charge is -2.30. The SMILES string of the molecule is COC(C)(C)C(N)Cc1cccc(F)c1Br. The lowest BCUT2D eigenvalue weighted by molar-refractivity contribution is 0.000751. The van der Waals surface area contributed by atoms with E-state index in [1.54, 1.807) is 13.2 Å². The summed E-state index contributed by atoms with van der Waals surface area (Å²) in [5.74, 6) is -0.264. The third kappa shape index (κ3) is 3.03. The Labute approximate surface area is 104 Å². The second-order valence-electron chi connectivity index (χ2n) is 4.33. The number of benzene rings is 1. The molecule has 1 aromatic carbocycles. The zero-order valence-electron chi connectivity index (χ0n) is 9.76. The van der Waals surface area contributed by atoms with Crippen molar-refractivity contribution in [3.63, 3.8) is 0 Å². The molecule has 16 heavy (non-hydrogen) atoms. The van der Waals surface area contributed by atoms with Crippen molar-refractivity contribution in [2.75, 3.05) is 7.11 Å². The van der Waals surface area contributed by atoms with Crippen LogP contribution in [0.5, 0.6) is 0 Å². The molecule has 0 fully saturated rings. The minimum Gasteiger partial charge on any atom is -0.377 e. The molecule has 0 spiro atoms. The van der Waals surface area contributed by atoms with Crippen molar-refractivity contribution in [1.29, 1.82) is 0 Å². The summed E-state index contributed by atoms with van der Waals surface area (Å²) in [5.41, 5.74) is 6.48. The first-order valence-electron chi connectivity index (χ1n) is 5.12. The van der Waals surface area contributed by atoms with Gasteiger partial charge >= 0.3 is 0 Å². The fourth-order valence-electron chi connectivity index (χ4n) is 1.34. The Morgan fingerprint density at radius 3 is 2.69 bits per heavy atom. The zero-order valence-corrected chi connectivity index (χ0v) is 11.3. The monoisotopic (exact) mass is 289 g/mol. The van der Waals surface area contributed by atoms with Crippen molar-refractivity contribution in [3.05, 3.63) is 34.1 Å². The van der Waals surface area contributed by atoms with Crippen LogP contribution in [-0.4, -0.2) is 18.8 Å². The largest absolute Gasteiger partial charge is 0.377 e. The molecule has 0 radical (unpaired) electrons. The van der Waals surface area contributed by atoms with E-state index in [1.807, 2.05) is 19.9 Å². The molecular formula is C12H17BrFNO. The van der Waals surface area contributed by atoms with Crippen LogP contribution in [0, 0.1) is 5.82 Å². The first kappa shape index (κ1) is 13.6. The quantitative estimate of drug-likeness (QED) is 0.925. The van der Waals surface area contributed by atoms with Crippen molar-refractivity contribution in [1.82, 2.24) is 0 Å². The number of rotatable bonds is 4. The standard InChI is InChI=1S/C12H17BrFNO/c1-12(2,16-3)10(15)7-8-5-4-6-9(14)11(8)13/h4-6,10H,7,15H2,1-3H3.